The van der Waals surface area contributed by atoms with Gasteiger partial charge in [-0.2, -0.15) is 0 Å². The highest BCUT2D eigenvalue weighted by molar-refractivity contribution is 7.10. The molecule has 1 N–H and O–H groups in total. The number of piperazine rings is 1. The number of nitrogens with zero attached hydrogens (tertiary/aromatic N) is 1. The summed E-state index contributed by atoms with van der Waals surface area (Å²) >= 11 is 1.64. The Kier molecular flexibility index (Phi) is 3.97. The van der Waals surface area contributed by atoms with Crippen LogP contribution in [0.25, 0.3) is 6.08 Å². The molecule has 17 heavy (non-hydrogen) atoms. The third-order valence-electron chi connectivity index (χ3n) is 2.98. The van der Waals surface area contributed by atoms with Crippen LogP contribution in [-0.4, -0.2) is 36.0 Å². The molecule has 0 bridgehead atoms. The third kappa shape index (κ3) is 3.17. The van der Waals surface area contributed by atoms with E-state index >= 15 is 0 Å². The zero-order chi connectivity index (χ0) is 12.3. The number of thiophene rings is 1. The largest absolute Gasteiger partial charge is 0.334 e. The van der Waals surface area contributed by atoms with Gasteiger partial charge in [0.25, 0.3) is 0 Å². The minimum atomic E-state index is 0.110. The van der Waals surface area contributed by atoms with Gasteiger partial charge in [0.1, 0.15) is 0 Å². The topological polar surface area (TPSA) is 32.3 Å². The highest BCUT2D eigenvalue weighted by atomic mass is 32.1. The van der Waals surface area contributed by atoms with E-state index < -0.39 is 0 Å². The van der Waals surface area contributed by atoms with Crippen molar-refractivity contribution in [3.8, 4) is 0 Å². The van der Waals surface area contributed by atoms with Gasteiger partial charge in [0.2, 0.25) is 5.91 Å². The summed E-state index contributed by atoms with van der Waals surface area (Å²) in [5, 5.41) is 5.38. The summed E-state index contributed by atoms with van der Waals surface area (Å²) in [6.07, 6.45) is 3.58. The van der Waals surface area contributed by atoms with Crippen LogP contribution in [0.5, 0.6) is 0 Å². The molecule has 2 rings (SSSR count). The maximum Gasteiger partial charge on any atom is 0.246 e. The van der Waals surface area contributed by atoms with E-state index in [1.165, 1.54) is 0 Å². The maximum absolute atomic E-state index is 12.1. The molecule has 0 spiro atoms. The van der Waals surface area contributed by atoms with Crippen LogP contribution >= 0.6 is 11.3 Å². The lowest BCUT2D eigenvalue weighted by Gasteiger charge is -2.36. The zero-order valence-corrected chi connectivity index (χ0v) is 11.0. The number of carbonyl (C=O) groups is 1. The first kappa shape index (κ1) is 12.3. The van der Waals surface area contributed by atoms with Gasteiger partial charge in [0, 0.05) is 36.1 Å². The second kappa shape index (κ2) is 5.47. The SMILES string of the molecule is CC1CN(C(=O)C=Cc2cccs2)C(C)CN1. The molecule has 92 valence electrons. The van der Waals surface area contributed by atoms with Crippen LogP contribution in [0.15, 0.2) is 23.6 Å². The van der Waals surface area contributed by atoms with Crippen LogP contribution in [0.4, 0.5) is 0 Å². The molecule has 1 saturated heterocycles. The molecule has 1 aliphatic rings. The fourth-order valence-electron chi connectivity index (χ4n) is 1.96. The van der Waals surface area contributed by atoms with Gasteiger partial charge in [-0.05, 0) is 31.4 Å². The van der Waals surface area contributed by atoms with E-state index in [2.05, 4.69) is 19.2 Å². The average molecular weight is 250 g/mol. The van der Waals surface area contributed by atoms with Crippen molar-refractivity contribution in [1.82, 2.24) is 10.2 Å². The predicted octanol–water partition coefficient (Wildman–Crippen LogP) is 1.97. The van der Waals surface area contributed by atoms with E-state index in [-0.39, 0.29) is 11.9 Å². The van der Waals surface area contributed by atoms with Gasteiger partial charge >= 0.3 is 0 Å². The van der Waals surface area contributed by atoms with Crippen molar-refractivity contribution in [2.75, 3.05) is 13.1 Å². The second-order valence-corrected chi connectivity index (χ2v) is 5.48. The lowest BCUT2D eigenvalue weighted by atomic mass is 10.1. The molecule has 0 aliphatic carbocycles. The Hall–Kier alpha value is -1.13. The van der Waals surface area contributed by atoms with Gasteiger partial charge in [-0.25, -0.2) is 0 Å². The number of amides is 1. The molecule has 4 heteroatoms. The Morgan fingerprint density at radius 3 is 3.12 bits per heavy atom. The van der Waals surface area contributed by atoms with Gasteiger partial charge in [-0.1, -0.05) is 6.07 Å². The standard InChI is InChI=1S/C13H18N2OS/c1-10-9-15(11(2)8-14-10)13(16)6-5-12-4-3-7-17-12/h3-7,10-11,14H,8-9H2,1-2H3. The smallest absolute Gasteiger partial charge is 0.246 e. The first-order valence-electron chi connectivity index (χ1n) is 5.92. The molecule has 0 aromatic carbocycles. The Morgan fingerprint density at radius 1 is 1.59 bits per heavy atom. The third-order valence-corrected chi connectivity index (χ3v) is 3.82. The highest BCUT2D eigenvalue weighted by Gasteiger charge is 2.24. The normalized spacial score (nSPS) is 25.4. The van der Waals surface area contributed by atoms with Crippen molar-refractivity contribution in [2.24, 2.45) is 0 Å². The minimum absolute atomic E-state index is 0.110. The minimum Gasteiger partial charge on any atom is -0.334 e. The lowest BCUT2D eigenvalue weighted by molar-refractivity contribution is -0.129. The van der Waals surface area contributed by atoms with E-state index in [9.17, 15) is 4.79 Å². The van der Waals surface area contributed by atoms with Gasteiger partial charge in [-0.15, -0.1) is 11.3 Å². The molecule has 3 nitrogen and oxygen atoms in total. The van der Waals surface area contributed by atoms with E-state index in [4.69, 9.17) is 0 Å². The summed E-state index contributed by atoms with van der Waals surface area (Å²) in [4.78, 5) is 15.1. The van der Waals surface area contributed by atoms with Crippen molar-refractivity contribution < 1.29 is 4.79 Å². The van der Waals surface area contributed by atoms with Crippen molar-refractivity contribution in [1.29, 1.82) is 0 Å². The molecule has 2 atom stereocenters. The maximum atomic E-state index is 12.1. The molecule has 0 saturated carbocycles. The van der Waals surface area contributed by atoms with Crippen molar-refractivity contribution >= 4 is 23.3 Å². The number of hydrogen-bond donors (Lipinski definition) is 1. The first-order chi connectivity index (χ1) is 8.16. The average Bonchev–Trinajstić information content (AvgIpc) is 2.82. The number of hydrogen-bond acceptors (Lipinski definition) is 3. The summed E-state index contributed by atoms with van der Waals surface area (Å²) in [6.45, 7) is 5.85. The van der Waals surface area contributed by atoms with Crippen LogP contribution in [0.1, 0.15) is 18.7 Å². The molecular weight excluding hydrogens is 232 g/mol. The van der Waals surface area contributed by atoms with E-state index in [1.807, 2.05) is 28.5 Å². The summed E-state index contributed by atoms with van der Waals surface area (Å²) in [7, 11) is 0. The Bertz CT molecular complexity index is 400. The first-order valence-corrected chi connectivity index (χ1v) is 6.80. The summed E-state index contributed by atoms with van der Waals surface area (Å²) in [6, 6.07) is 4.65. The molecule has 0 radical (unpaired) electrons. The predicted molar refractivity (Wildman–Crippen MR) is 72.0 cm³/mol. The van der Waals surface area contributed by atoms with Crippen LogP contribution in [0.2, 0.25) is 0 Å². The van der Waals surface area contributed by atoms with Crippen LogP contribution < -0.4 is 5.32 Å². The molecule has 1 aromatic rings. The number of nitrogens with one attached hydrogen (secondary N) is 1. The fraction of sp³-hybridized carbons (Fsp3) is 0.462. The fourth-order valence-corrected chi connectivity index (χ4v) is 2.58. The number of rotatable bonds is 2. The van der Waals surface area contributed by atoms with Crippen LogP contribution in [0, 0.1) is 0 Å². The molecule has 1 fully saturated rings. The van der Waals surface area contributed by atoms with Gasteiger partial charge in [0.05, 0.1) is 0 Å². The van der Waals surface area contributed by atoms with Crippen molar-refractivity contribution in [3.05, 3.63) is 28.5 Å². The molecule has 1 aliphatic heterocycles. The quantitative estimate of drug-likeness (QED) is 0.814. The molecule has 2 unspecified atom stereocenters. The van der Waals surface area contributed by atoms with Crippen molar-refractivity contribution in [2.45, 2.75) is 25.9 Å². The van der Waals surface area contributed by atoms with Crippen LogP contribution in [-0.2, 0) is 4.79 Å². The highest BCUT2D eigenvalue weighted by Crippen LogP contribution is 2.12. The molecule has 1 amide bonds. The van der Waals surface area contributed by atoms with Crippen LogP contribution in [0.3, 0.4) is 0 Å². The van der Waals surface area contributed by atoms with E-state index in [1.54, 1.807) is 17.4 Å². The van der Waals surface area contributed by atoms with Gasteiger partial charge in [0.15, 0.2) is 0 Å². The molecule has 1 aromatic heterocycles. The van der Waals surface area contributed by atoms with Crippen molar-refractivity contribution in [3.63, 3.8) is 0 Å². The van der Waals surface area contributed by atoms with E-state index in [0.29, 0.717) is 6.04 Å². The molecular formula is C13H18N2OS. The Balaban J connectivity index is 1.99. The second-order valence-electron chi connectivity index (χ2n) is 4.50. The number of carbonyl (C=O) groups excluding carboxylic acids is 1. The zero-order valence-electron chi connectivity index (χ0n) is 10.2. The summed E-state index contributed by atoms with van der Waals surface area (Å²) in [5.74, 6) is 0.110. The Labute approximate surface area is 106 Å². The Morgan fingerprint density at radius 2 is 2.41 bits per heavy atom. The lowest BCUT2D eigenvalue weighted by Crippen LogP contribution is -2.55. The monoisotopic (exact) mass is 250 g/mol. The summed E-state index contributed by atoms with van der Waals surface area (Å²) < 4.78 is 0. The van der Waals surface area contributed by atoms with Gasteiger partial charge < -0.3 is 10.2 Å². The molecule has 2 heterocycles. The summed E-state index contributed by atoms with van der Waals surface area (Å²) in [5.41, 5.74) is 0. The van der Waals surface area contributed by atoms with E-state index in [0.717, 1.165) is 18.0 Å². The van der Waals surface area contributed by atoms with Gasteiger partial charge in [-0.3, -0.25) is 4.79 Å².